The molecule has 0 fully saturated rings. The molecule has 0 aliphatic heterocycles. The van der Waals surface area contributed by atoms with E-state index in [2.05, 4.69) is 15.2 Å². The fraction of sp³-hybridized carbons (Fsp3) is 0.200. The molecule has 2 aromatic heterocycles. The Morgan fingerprint density at radius 1 is 0.969 bits per heavy atom. The van der Waals surface area contributed by atoms with E-state index >= 15 is 0 Å². The maximum Gasteiger partial charge on any atom is 0.393 e. The standard InChI is InChI=1S/C25H21F4N3/c1-15(2)17-10-11-30-22(13-17)23(18-8-9-21-19(12-18)24(26)32-31-21)20(14-25(27,28)29)16-6-4-3-5-7-16/h3-13,15H,14H2,1-2H3,(H,31,32)/b23-20-. The summed E-state index contributed by atoms with van der Waals surface area (Å²) in [6.45, 7) is 4.01. The number of halogens is 4. The maximum absolute atomic E-state index is 14.2. The Bertz CT molecular complexity index is 1270. The van der Waals surface area contributed by atoms with E-state index in [0.717, 1.165) is 5.56 Å². The number of allylic oxidation sites excluding steroid dienone is 1. The molecule has 32 heavy (non-hydrogen) atoms. The van der Waals surface area contributed by atoms with Gasteiger partial charge in [-0.15, -0.1) is 0 Å². The number of H-pyrrole nitrogens is 1. The van der Waals surface area contributed by atoms with E-state index < -0.39 is 18.5 Å². The Morgan fingerprint density at radius 2 is 1.72 bits per heavy atom. The van der Waals surface area contributed by atoms with Crippen LogP contribution >= 0.6 is 0 Å². The lowest BCUT2D eigenvalue weighted by Crippen LogP contribution is -2.10. The van der Waals surface area contributed by atoms with Gasteiger partial charge in [-0.2, -0.15) is 22.7 Å². The number of aromatic nitrogens is 3. The SMILES string of the molecule is CC(C)c1ccnc(/C(=C(/CC(F)(F)F)c2ccccc2)c2ccc3n[nH]c(F)c3c2)c1. The number of hydrogen-bond acceptors (Lipinski definition) is 2. The minimum atomic E-state index is -4.45. The zero-order valence-electron chi connectivity index (χ0n) is 17.5. The van der Waals surface area contributed by atoms with Gasteiger partial charge in [-0.25, -0.2) is 0 Å². The third-order valence-electron chi connectivity index (χ3n) is 5.30. The van der Waals surface area contributed by atoms with Gasteiger partial charge in [0.05, 0.1) is 23.0 Å². The summed E-state index contributed by atoms with van der Waals surface area (Å²) in [5.41, 5.74) is 3.02. The fourth-order valence-corrected chi connectivity index (χ4v) is 3.73. The second-order valence-electron chi connectivity index (χ2n) is 7.91. The zero-order valence-corrected chi connectivity index (χ0v) is 17.5. The molecule has 164 valence electrons. The van der Waals surface area contributed by atoms with Gasteiger partial charge in [-0.3, -0.25) is 10.1 Å². The first-order chi connectivity index (χ1) is 15.2. The van der Waals surface area contributed by atoms with Crippen molar-refractivity contribution >= 4 is 22.0 Å². The molecule has 4 aromatic rings. The van der Waals surface area contributed by atoms with Crippen LogP contribution in [-0.2, 0) is 0 Å². The van der Waals surface area contributed by atoms with Crippen molar-refractivity contribution in [2.24, 2.45) is 0 Å². The molecule has 0 aliphatic rings. The summed E-state index contributed by atoms with van der Waals surface area (Å²) in [4.78, 5) is 4.42. The van der Waals surface area contributed by atoms with Crippen LogP contribution in [0.25, 0.3) is 22.0 Å². The predicted octanol–water partition coefficient (Wildman–Crippen LogP) is 7.13. The Hall–Kier alpha value is -3.48. The second kappa shape index (κ2) is 8.57. The topological polar surface area (TPSA) is 41.6 Å². The molecule has 0 atom stereocenters. The Balaban J connectivity index is 2.06. The maximum atomic E-state index is 14.2. The molecule has 0 bridgehead atoms. The summed E-state index contributed by atoms with van der Waals surface area (Å²) in [6.07, 6.45) is -4.00. The Labute approximate surface area is 182 Å². The minimum Gasteiger partial charge on any atom is -0.256 e. The number of alkyl halides is 3. The van der Waals surface area contributed by atoms with Crippen molar-refractivity contribution in [3.05, 3.63) is 95.2 Å². The summed E-state index contributed by atoms with van der Waals surface area (Å²) >= 11 is 0. The first-order valence-corrected chi connectivity index (χ1v) is 10.2. The van der Waals surface area contributed by atoms with E-state index in [9.17, 15) is 17.6 Å². The van der Waals surface area contributed by atoms with Gasteiger partial charge in [0, 0.05) is 11.8 Å². The van der Waals surface area contributed by atoms with Crippen LogP contribution in [0.3, 0.4) is 0 Å². The normalized spacial score (nSPS) is 13.0. The molecule has 3 nitrogen and oxygen atoms in total. The highest BCUT2D eigenvalue weighted by atomic mass is 19.4. The average Bonchev–Trinajstić information content (AvgIpc) is 3.13. The van der Waals surface area contributed by atoms with Crippen molar-refractivity contribution in [2.45, 2.75) is 32.4 Å². The van der Waals surface area contributed by atoms with Crippen LogP contribution in [0, 0.1) is 5.95 Å². The van der Waals surface area contributed by atoms with E-state index in [1.165, 1.54) is 6.07 Å². The molecule has 0 radical (unpaired) electrons. The van der Waals surface area contributed by atoms with E-state index in [4.69, 9.17) is 0 Å². The summed E-state index contributed by atoms with van der Waals surface area (Å²) in [7, 11) is 0. The number of nitrogens with zero attached hydrogens (tertiary/aromatic N) is 2. The minimum absolute atomic E-state index is 0.0785. The van der Waals surface area contributed by atoms with Gasteiger partial charge in [0.25, 0.3) is 0 Å². The molecule has 0 saturated carbocycles. The van der Waals surface area contributed by atoms with E-state index in [-0.39, 0.29) is 16.9 Å². The van der Waals surface area contributed by atoms with Crippen LogP contribution in [0.2, 0.25) is 0 Å². The molecular weight excluding hydrogens is 418 g/mol. The Morgan fingerprint density at radius 3 is 2.41 bits per heavy atom. The van der Waals surface area contributed by atoms with E-state index in [1.54, 1.807) is 54.7 Å². The predicted molar refractivity (Wildman–Crippen MR) is 117 cm³/mol. The number of rotatable bonds is 5. The number of aromatic amines is 1. The van der Waals surface area contributed by atoms with Crippen LogP contribution in [0.15, 0.2) is 66.9 Å². The summed E-state index contributed by atoms with van der Waals surface area (Å²) < 4.78 is 55.4. The molecule has 2 aromatic carbocycles. The number of benzene rings is 2. The lowest BCUT2D eigenvalue weighted by atomic mass is 9.88. The quantitative estimate of drug-likeness (QED) is 0.265. The van der Waals surface area contributed by atoms with Crippen LogP contribution in [0.5, 0.6) is 0 Å². The molecule has 2 heterocycles. The summed E-state index contributed by atoms with van der Waals surface area (Å²) in [6, 6.07) is 16.8. The molecule has 7 heteroatoms. The van der Waals surface area contributed by atoms with Crippen molar-refractivity contribution in [1.29, 1.82) is 0 Å². The number of hydrogen-bond donors (Lipinski definition) is 1. The third-order valence-corrected chi connectivity index (χ3v) is 5.30. The number of nitrogens with one attached hydrogen (secondary N) is 1. The summed E-state index contributed by atoms with van der Waals surface area (Å²) in [5.74, 6) is -0.475. The van der Waals surface area contributed by atoms with Gasteiger partial charge < -0.3 is 0 Å². The highest BCUT2D eigenvalue weighted by Crippen LogP contribution is 2.39. The number of fused-ring (bicyclic) bond motifs is 1. The Kier molecular flexibility index (Phi) is 5.82. The second-order valence-corrected chi connectivity index (χ2v) is 7.91. The van der Waals surface area contributed by atoms with E-state index in [0.29, 0.717) is 27.9 Å². The summed E-state index contributed by atoms with van der Waals surface area (Å²) in [5, 5.41) is 6.36. The number of pyridine rings is 1. The van der Waals surface area contributed by atoms with Gasteiger partial charge >= 0.3 is 6.18 Å². The molecule has 0 spiro atoms. The average molecular weight is 439 g/mol. The third kappa shape index (κ3) is 4.56. The monoisotopic (exact) mass is 439 g/mol. The van der Waals surface area contributed by atoms with Crippen molar-refractivity contribution in [3.63, 3.8) is 0 Å². The van der Waals surface area contributed by atoms with Gasteiger partial charge in [0.15, 0.2) is 0 Å². The van der Waals surface area contributed by atoms with Crippen molar-refractivity contribution in [3.8, 4) is 0 Å². The lowest BCUT2D eigenvalue weighted by Gasteiger charge is -2.19. The van der Waals surface area contributed by atoms with Crippen molar-refractivity contribution in [1.82, 2.24) is 15.2 Å². The van der Waals surface area contributed by atoms with Crippen LogP contribution in [-0.4, -0.2) is 21.4 Å². The smallest absolute Gasteiger partial charge is 0.256 e. The van der Waals surface area contributed by atoms with Crippen LogP contribution in [0.4, 0.5) is 17.6 Å². The van der Waals surface area contributed by atoms with Crippen molar-refractivity contribution in [2.75, 3.05) is 0 Å². The highest BCUT2D eigenvalue weighted by molar-refractivity contribution is 5.99. The molecular formula is C25H21F4N3. The van der Waals surface area contributed by atoms with E-state index in [1.807, 2.05) is 19.9 Å². The largest absolute Gasteiger partial charge is 0.393 e. The van der Waals surface area contributed by atoms with Crippen LogP contribution < -0.4 is 0 Å². The lowest BCUT2D eigenvalue weighted by molar-refractivity contribution is -0.122. The first kappa shape index (κ1) is 21.7. The van der Waals surface area contributed by atoms with Crippen LogP contribution in [0.1, 0.15) is 48.6 Å². The fourth-order valence-electron chi connectivity index (χ4n) is 3.73. The molecule has 0 amide bonds. The van der Waals surface area contributed by atoms with Crippen molar-refractivity contribution < 1.29 is 17.6 Å². The highest BCUT2D eigenvalue weighted by Gasteiger charge is 2.32. The molecule has 0 saturated heterocycles. The first-order valence-electron chi connectivity index (χ1n) is 10.2. The van der Waals surface area contributed by atoms with Gasteiger partial charge in [-0.05, 0) is 52.4 Å². The van der Waals surface area contributed by atoms with Gasteiger partial charge in [0.2, 0.25) is 5.95 Å². The molecule has 4 rings (SSSR count). The molecule has 0 aliphatic carbocycles. The van der Waals surface area contributed by atoms with Gasteiger partial charge in [-0.1, -0.05) is 50.2 Å². The van der Waals surface area contributed by atoms with Gasteiger partial charge in [0.1, 0.15) is 0 Å². The zero-order chi connectivity index (χ0) is 22.9. The molecule has 1 N–H and O–H groups in total. The molecule has 0 unspecified atom stereocenters.